The van der Waals surface area contributed by atoms with Gasteiger partial charge in [-0.05, 0) is 56.2 Å². The first-order valence-corrected chi connectivity index (χ1v) is 10.1. The van der Waals surface area contributed by atoms with Crippen LogP contribution in [-0.4, -0.2) is 49.6 Å². The summed E-state index contributed by atoms with van der Waals surface area (Å²) in [4.78, 5) is 15.3. The average molecular weight is 355 g/mol. The number of carbonyl (C=O) groups excluding carboxylic acids is 1. The van der Waals surface area contributed by atoms with Crippen molar-refractivity contribution in [1.82, 2.24) is 4.90 Å². The normalized spacial score (nSPS) is 36.4. The quantitative estimate of drug-likeness (QED) is 0.832. The third-order valence-corrected chi connectivity index (χ3v) is 7.67. The highest BCUT2D eigenvalue weighted by Gasteiger charge is 2.66. The topological polar surface area (TPSA) is 38.8 Å². The Kier molecular flexibility index (Phi) is 3.74. The monoisotopic (exact) mass is 355 g/mol. The molecule has 3 aliphatic carbocycles. The SMILES string of the molecule is COc1cccc2c1[C@]13CCN(CC4CC4)[C@@H](C2)[C@]1(OC)CCC(=O)C3. The molecule has 3 atom stereocenters. The van der Waals surface area contributed by atoms with E-state index in [9.17, 15) is 4.79 Å². The van der Waals surface area contributed by atoms with Crippen LogP contribution in [0.5, 0.6) is 5.75 Å². The Balaban J connectivity index is 1.70. The van der Waals surface area contributed by atoms with Crippen LogP contribution in [0.25, 0.3) is 0 Å². The summed E-state index contributed by atoms with van der Waals surface area (Å²) in [5, 5.41) is 0. The number of Topliss-reactive ketones (excluding diaryl/α,β-unsaturated/α-hetero) is 1. The molecule has 4 heteroatoms. The molecular weight excluding hydrogens is 326 g/mol. The number of benzene rings is 1. The third-order valence-electron chi connectivity index (χ3n) is 7.67. The van der Waals surface area contributed by atoms with Crippen LogP contribution in [-0.2, 0) is 21.4 Å². The molecule has 140 valence electrons. The maximum atomic E-state index is 12.6. The first-order valence-electron chi connectivity index (χ1n) is 10.1. The lowest BCUT2D eigenvalue weighted by atomic mass is 9.49. The smallest absolute Gasteiger partial charge is 0.134 e. The molecule has 1 aromatic rings. The van der Waals surface area contributed by atoms with Gasteiger partial charge in [0.2, 0.25) is 0 Å². The minimum atomic E-state index is -0.268. The Hall–Kier alpha value is -1.39. The van der Waals surface area contributed by atoms with Crippen molar-refractivity contribution < 1.29 is 14.3 Å². The lowest BCUT2D eigenvalue weighted by molar-refractivity contribution is -0.188. The van der Waals surface area contributed by atoms with Gasteiger partial charge >= 0.3 is 0 Å². The summed E-state index contributed by atoms with van der Waals surface area (Å²) in [5.74, 6) is 2.19. The van der Waals surface area contributed by atoms with E-state index in [0.29, 0.717) is 24.7 Å². The highest BCUT2D eigenvalue weighted by atomic mass is 16.5. The Bertz CT molecular complexity index is 743. The summed E-state index contributed by atoms with van der Waals surface area (Å²) in [6, 6.07) is 6.77. The molecule has 2 saturated carbocycles. The largest absolute Gasteiger partial charge is 0.496 e. The maximum absolute atomic E-state index is 12.6. The lowest BCUT2D eigenvalue weighted by Crippen LogP contribution is -2.74. The van der Waals surface area contributed by atoms with E-state index in [2.05, 4.69) is 23.1 Å². The summed E-state index contributed by atoms with van der Waals surface area (Å²) in [5.41, 5.74) is 2.12. The predicted octanol–water partition coefficient (Wildman–Crippen LogP) is 3.11. The third kappa shape index (κ3) is 2.12. The van der Waals surface area contributed by atoms with Crippen LogP contribution in [0.1, 0.15) is 49.7 Å². The van der Waals surface area contributed by atoms with Crippen molar-refractivity contribution in [2.24, 2.45) is 5.92 Å². The van der Waals surface area contributed by atoms with Gasteiger partial charge in [-0.1, -0.05) is 12.1 Å². The molecule has 1 saturated heterocycles. The molecule has 0 unspecified atom stereocenters. The van der Waals surface area contributed by atoms with E-state index in [1.165, 1.54) is 30.5 Å². The first-order chi connectivity index (χ1) is 12.6. The zero-order valence-corrected chi connectivity index (χ0v) is 15.9. The summed E-state index contributed by atoms with van der Waals surface area (Å²) in [7, 11) is 3.62. The van der Waals surface area contributed by atoms with E-state index in [1.807, 2.05) is 7.11 Å². The van der Waals surface area contributed by atoms with Crippen LogP contribution in [0.15, 0.2) is 18.2 Å². The Morgan fingerprint density at radius 2 is 2.08 bits per heavy atom. The zero-order chi connectivity index (χ0) is 17.9. The number of ether oxygens (including phenoxy) is 2. The minimum absolute atomic E-state index is 0.234. The van der Waals surface area contributed by atoms with E-state index in [4.69, 9.17) is 9.47 Å². The molecule has 4 nitrogen and oxygen atoms in total. The highest BCUT2D eigenvalue weighted by molar-refractivity contribution is 5.83. The number of hydrogen-bond acceptors (Lipinski definition) is 4. The zero-order valence-electron chi connectivity index (χ0n) is 15.9. The van der Waals surface area contributed by atoms with Crippen LogP contribution in [0.3, 0.4) is 0 Å². The van der Waals surface area contributed by atoms with Crippen molar-refractivity contribution in [3.8, 4) is 5.75 Å². The van der Waals surface area contributed by atoms with Crippen LogP contribution < -0.4 is 4.74 Å². The van der Waals surface area contributed by atoms with Gasteiger partial charge in [-0.15, -0.1) is 0 Å². The van der Waals surface area contributed by atoms with Crippen molar-refractivity contribution in [2.75, 3.05) is 27.3 Å². The Labute approximate surface area is 155 Å². The van der Waals surface area contributed by atoms with Gasteiger partial charge in [0, 0.05) is 43.5 Å². The molecule has 0 amide bonds. The number of methoxy groups -OCH3 is 2. The van der Waals surface area contributed by atoms with Crippen molar-refractivity contribution >= 4 is 5.78 Å². The molecule has 0 N–H and O–H groups in total. The van der Waals surface area contributed by atoms with Gasteiger partial charge in [0.15, 0.2) is 0 Å². The van der Waals surface area contributed by atoms with Gasteiger partial charge in [0.25, 0.3) is 0 Å². The molecule has 0 aromatic heterocycles. The van der Waals surface area contributed by atoms with Gasteiger partial charge in [-0.25, -0.2) is 0 Å². The fourth-order valence-electron chi connectivity index (χ4n) is 6.38. The number of likely N-dealkylation sites (tertiary alicyclic amines) is 1. The van der Waals surface area contributed by atoms with Crippen molar-refractivity contribution in [2.45, 2.75) is 62.0 Å². The van der Waals surface area contributed by atoms with Crippen molar-refractivity contribution in [1.29, 1.82) is 0 Å². The average Bonchev–Trinajstić information content (AvgIpc) is 3.47. The van der Waals surface area contributed by atoms with E-state index in [-0.39, 0.29) is 11.0 Å². The first kappa shape index (κ1) is 16.8. The molecule has 1 heterocycles. The minimum Gasteiger partial charge on any atom is -0.496 e. The van der Waals surface area contributed by atoms with E-state index in [0.717, 1.165) is 37.5 Å². The second-order valence-electron chi connectivity index (χ2n) is 8.79. The molecule has 26 heavy (non-hydrogen) atoms. The Morgan fingerprint density at radius 1 is 1.23 bits per heavy atom. The Morgan fingerprint density at radius 3 is 2.81 bits per heavy atom. The fourth-order valence-corrected chi connectivity index (χ4v) is 6.38. The van der Waals surface area contributed by atoms with E-state index < -0.39 is 0 Å². The van der Waals surface area contributed by atoms with E-state index in [1.54, 1.807) is 7.11 Å². The number of fused-ring (bicyclic) bond motifs is 1. The molecule has 0 spiro atoms. The number of piperidine rings is 1. The van der Waals surface area contributed by atoms with E-state index >= 15 is 0 Å². The predicted molar refractivity (Wildman–Crippen MR) is 99.7 cm³/mol. The molecule has 1 aliphatic heterocycles. The van der Waals surface area contributed by atoms with Crippen LogP contribution in [0, 0.1) is 5.92 Å². The second kappa shape index (κ2) is 5.80. The van der Waals surface area contributed by atoms with Gasteiger partial charge in [0.05, 0.1) is 12.7 Å². The second-order valence-corrected chi connectivity index (χ2v) is 8.79. The van der Waals surface area contributed by atoms with Crippen LogP contribution in [0.2, 0.25) is 0 Å². The van der Waals surface area contributed by atoms with Gasteiger partial charge in [-0.3, -0.25) is 9.69 Å². The number of ketones is 1. The summed E-state index contributed by atoms with van der Waals surface area (Å²) >= 11 is 0. The summed E-state index contributed by atoms with van der Waals surface area (Å²) in [6.07, 6.45) is 6.82. The molecule has 4 aliphatic rings. The van der Waals surface area contributed by atoms with Gasteiger partial charge in [-0.2, -0.15) is 0 Å². The molecule has 3 fully saturated rings. The molecule has 5 rings (SSSR count). The molecule has 0 radical (unpaired) electrons. The summed E-state index contributed by atoms with van der Waals surface area (Å²) < 4.78 is 12.2. The van der Waals surface area contributed by atoms with Gasteiger partial charge in [0.1, 0.15) is 11.5 Å². The van der Waals surface area contributed by atoms with Crippen LogP contribution in [0.4, 0.5) is 0 Å². The number of rotatable bonds is 4. The highest BCUT2D eigenvalue weighted by Crippen LogP contribution is 2.61. The molecular formula is C22H29NO3. The number of nitrogens with zero attached hydrogens (tertiary/aromatic N) is 1. The summed E-state index contributed by atoms with van der Waals surface area (Å²) in [6.45, 7) is 2.26. The standard InChI is InChI=1S/C22H29NO3/c1-25-18-5-3-4-16-12-19-22(26-2)9-8-17(24)13-21(22,20(16)18)10-11-23(19)14-15-6-7-15/h3-5,15,19H,6-14H2,1-2H3/t19-,21+,22+/m0/s1. The molecule has 2 bridgehead atoms. The maximum Gasteiger partial charge on any atom is 0.134 e. The van der Waals surface area contributed by atoms with Crippen molar-refractivity contribution in [3.05, 3.63) is 29.3 Å². The lowest BCUT2D eigenvalue weighted by Gasteiger charge is -2.65. The number of carbonyl (C=O) groups is 1. The van der Waals surface area contributed by atoms with Gasteiger partial charge < -0.3 is 9.47 Å². The van der Waals surface area contributed by atoms with Crippen molar-refractivity contribution in [3.63, 3.8) is 0 Å². The van der Waals surface area contributed by atoms with Crippen LogP contribution >= 0.6 is 0 Å². The fraction of sp³-hybridized carbons (Fsp3) is 0.682. The molecule has 1 aromatic carbocycles. The number of hydrogen-bond donors (Lipinski definition) is 0.